The lowest BCUT2D eigenvalue weighted by Crippen LogP contribution is -2.23. The molecular weight excluding hydrogens is 392 g/mol. The highest BCUT2D eigenvalue weighted by Crippen LogP contribution is 2.38. The number of aromatic nitrogens is 3. The second-order valence-electron chi connectivity index (χ2n) is 7.70. The maximum atomic E-state index is 6.08. The van der Waals surface area contributed by atoms with Crippen LogP contribution in [0.4, 0.5) is 0 Å². The lowest BCUT2D eigenvalue weighted by Gasteiger charge is -2.24. The van der Waals surface area contributed by atoms with Crippen LogP contribution in [0.3, 0.4) is 0 Å². The molecule has 1 aliphatic heterocycles. The number of ether oxygens (including phenoxy) is 1. The Bertz CT molecular complexity index is 1170. The molecule has 0 N–H and O–H groups in total. The molecule has 0 radical (unpaired) electrons. The summed E-state index contributed by atoms with van der Waals surface area (Å²) in [6, 6.07) is 18.3. The van der Waals surface area contributed by atoms with E-state index in [1.807, 2.05) is 49.4 Å². The van der Waals surface area contributed by atoms with Crippen LogP contribution < -0.4 is 4.74 Å². The molecule has 0 amide bonds. The average Bonchev–Trinajstić information content (AvgIpc) is 3.54. The van der Waals surface area contributed by atoms with Crippen LogP contribution in [-0.4, -0.2) is 33.9 Å². The van der Waals surface area contributed by atoms with E-state index in [-0.39, 0.29) is 6.04 Å². The summed E-state index contributed by atoms with van der Waals surface area (Å²) in [6.07, 6.45) is 2.19. The Kier molecular flexibility index (Phi) is 5.26. The van der Waals surface area contributed by atoms with Crippen molar-refractivity contribution in [2.75, 3.05) is 13.7 Å². The van der Waals surface area contributed by atoms with Gasteiger partial charge in [0.15, 0.2) is 0 Å². The maximum Gasteiger partial charge on any atom is 0.253 e. The minimum Gasteiger partial charge on any atom is -0.496 e. The molecule has 2 aromatic carbocycles. The Morgan fingerprint density at radius 2 is 1.87 bits per heavy atom. The van der Waals surface area contributed by atoms with E-state index in [1.165, 1.54) is 5.56 Å². The smallest absolute Gasteiger partial charge is 0.253 e. The zero-order valence-corrected chi connectivity index (χ0v) is 17.6. The van der Waals surface area contributed by atoms with Crippen LogP contribution in [0.25, 0.3) is 22.7 Å². The van der Waals surface area contributed by atoms with Gasteiger partial charge in [-0.25, -0.2) is 0 Å². The Labute approximate surface area is 180 Å². The third-order valence-corrected chi connectivity index (χ3v) is 5.79. The quantitative estimate of drug-likeness (QED) is 0.435. The Morgan fingerprint density at radius 3 is 2.71 bits per heavy atom. The van der Waals surface area contributed by atoms with Crippen molar-refractivity contribution in [1.29, 1.82) is 0 Å². The normalized spacial score (nSPS) is 16.6. The van der Waals surface area contributed by atoms with Crippen molar-refractivity contribution in [2.24, 2.45) is 0 Å². The van der Waals surface area contributed by atoms with Gasteiger partial charge in [0.2, 0.25) is 5.89 Å². The lowest BCUT2D eigenvalue weighted by molar-refractivity contribution is 0.220. The van der Waals surface area contributed by atoms with E-state index in [1.54, 1.807) is 7.11 Å². The molecule has 7 heteroatoms. The number of hydrogen-bond donors (Lipinski definition) is 0. The fraction of sp³-hybridized carbons (Fsp3) is 0.292. The van der Waals surface area contributed by atoms with Crippen LogP contribution in [0.5, 0.6) is 5.75 Å². The van der Waals surface area contributed by atoms with Crippen molar-refractivity contribution in [3.63, 3.8) is 0 Å². The fourth-order valence-corrected chi connectivity index (χ4v) is 4.32. The number of hydrogen-bond acceptors (Lipinski definition) is 7. The molecule has 5 rings (SSSR count). The molecule has 1 unspecified atom stereocenters. The number of benzene rings is 2. The summed E-state index contributed by atoms with van der Waals surface area (Å²) in [4.78, 5) is 2.37. The largest absolute Gasteiger partial charge is 0.496 e. The summed E-state index contributed by atoms with van der Waals surface area (Å²) < 4.78 is 17.1. The Balaban J connectivity index is 1.41. The molecule has 31 heavy (non-hydrogen) atoms. The molecule has 1 saturated heterocycles. The SMILES string of the molecule is COc1ccccc1C1CCCN1Cc1nnc(-c2c(-c3ccccc3)noc2C)o1. The van der Waals surface area contributed by atoms with Gasteiger partial charge < -0.3 is 13.7 Å². The summed E-state index contributed by atoms with van der Waals surface area (Å²) in [5.74, 6) is 2.58. The van der Waals surface area contributed by atoms with Gasteiger partial charge in [-0.2, -0.15) is 0 Å². The molecule has 1 fully saturated rings. The van der Waals surface area contributed by atoms with E-state index in [2.05, 4.69) is 32.4 Å². The van der Waals surface area contributed by atoms with Crippen molar-refractivity contribution < 1.29 is 13.7 Å². The third kappa shape index (κ3) is 3.72. The Hall–Kier alpha value is -3.45. The Morgan fingerprint density at radius 1 is 1.06 bits per heavy atom. The number of rotatable bonds is 6. The topological polar surface area (TPSA) is 77.4 Å². The van der Waals surface area contributed by atoms with Gasteiger partial charge in [-0.05, 0) is 32.4 Å². The molecule has 0 spiro atoms. The van der Waals surface area contributed by atoms with Gasteiger partial charge in [0.25, 0.3) is 5.89 Å². The van der Waals surface area contributed by atoms with Gasteiger partial charge in [-0.1, -0.05) is 53.7 Å². The summed E-state index contributed by atoms with van der Waals surface area (Å²) in [6.45, 7) is 3.42. The van der Waals surface area contributed by atoms with E-state index in [9.17, 15) is 0 Å². The molecule has 0 aliphatic carbocycles. The minimum atomic E-state index is 0.267. The van der Waals surface area contributed by atoms with E-state index < -0.39 is 0 Å². The van der Waals surface area contributed by atoms with E-state index in [4.69, 9.17) is 13.7 Å². The molecule has 1 atom stereocenters. The number of likely N-dealkylation sites (tertiary alicyclic amines) is 1. The number of aryl methyl sites for hydroxylation is 1. The average molecular weight is 416 g/mol. The lowest BCUT2D eigenvalue weighted by atomic mass is 10.0. The van der Waals surface area contributed by atoms with Crippen molar-refractivity contribution in [3.05, 3.63) is 71.8 Å². The van der Waals surface area contributed by atoms with E-state index >= 15 is 0 Å². The summed E-state index contributed by atoms with van der Waals surface area (Å²) in [7, 11) is 1.72. The highest BCUT2D eigenvalue weighted by atomic mass is 16.5. The zero-order chi connectivity index (χ0) is 21.2. The predicted octanol–water partition coefficient (Wildman–Crippen LogP) is 5.05. The van der Waals surface area contributed by atoms with Crippen LogP contribution in [0.2, 0.25) is 0 Å². The maximum absolute atomic E-state index is 6.08. The van der Waals surface area contributed by atoms with Gasteiger partial charge in [0, 0.05) is 17.2 Å². The van der Waals surface area contributed by atoms with Crippen molar-refractivity contribution in [2.45, 2.75) is 32.4 Å². The minimum absolute atomic E-state index is 0.267. The number of methoxy groups -OCH3 is 1. The monoisotopic (exact) mass is 416 g/mol. The van der Waals surface area contributed by atoms with E-state index in [0.717, 1.165) is 36.3 Å². The zero-order valence-electron chi connectivity index (χ0n) is 17.6. The van der Waals surface area contributed by atoms with Crippen molar-refractivity contribution >= 4 is 0 Å². The first-order valence-corrected chi connectivity index (χ1v) is 10.5. The van der Waals surface area contributed by atoms with Crippen LogP contribution >= 0.6 is 0 Å². The van der Waals surface area contributed by atoms with E-state index in [0.29, 0.717) is 29.8 Å². The van der Waals surface area contributed by atoms with Gasteiger partial charge in [0.05, 0.1) is 13.7 Å². The highest BCUT2D eigenvalue weighted by Gasteiger charge is 2.30. The third-order valence-electron chi connectivity index (χ3n) is 5.79. The first kappa shape index (κ1) is 19.5. The van der Waals surface area contributed by atoms with Crippen LogP contribution in [0.1, 0.15) is 36.1 Å². The molecule has 3 heterocycles. The van der Waals surface area contributed by atoms with Crippen molar-refractivity contribution in [1.82, 2.24) is 20.3 Å². The molecule has 4 aromatic rings. The molecule has 2 aromatic heterocycles. The van der Waals surface area contributed by atoms with Gasteiger partial charge in [-0.3, -0.25) is 4.90 Å². The first-order valence-electron chi connectivity index (χ1n) is 10.5. The number of nitrogens with zero attached hydrogens (tertiary/aromatic N) is 4. The van der Waals surface area contributed by atoms with Crippen LogP contribution in [0.15, 0.2) is 63.5 Å². The van der Waals surface area contributed by atoms with Gasteiger partial charge >= 0.3 is 0 Å². The molecule has 0 saturated carbocycles. The highest BCUT2D eigenvalue weighted by molar-refractivity contribution is 5.77. The molecule has 7 nitrogen and oxygen atoms in total. The molecule has 158 valence electrons. The molecule has 1 aliphatic rings. The summed E-state index contributed by atoms with van der Waals surface area (Å²) in [5.41, 5.74) is 3.60. The number of para-hydroxylation sites is 1. The second kappa shape index (κ2) is 8.35. The fourth-order valence-electron chi connectivity index (χ4n) is 4.32. The first-order chi connectivity index (χ1) is 15.2. The molecular formula is C24H24N4O3. The second-order valence-corrected chi connectivity index (χ2v) is 7.70. The predicted molar refractivity (Wildman–Crippen MR) is 115 cm³/mol. The van der Waals surface area contributed by atoms with Gasteiger partial charge in [-0.15, -0.1) is 10.2 Å². The molecule has 0 bridgehead atoms. The van der Waals surface area contributed by atoms with Crippen LogP contribution in [-0.2, 0) is 6.54 Å². The summed E-state index contributed by atoms with van der Waals surface area (Å²) >= 11 is 0. The van der Waals surface area contributed by atoms with Crippen molar-refractivity contribution in [3.8, 4) is 28.5 Å². The van der Waals surface area contributed by atoms with Gasteiger partial charge in [0.1, 0.15) is 22.8 Å². The standard InChI is InChI=1S/C24H24N4O3/c1-16-22(23(27-31-16)17-9-4-3-5-10-17)24-26-25-21(30-24)15-28-14-8-12-19(28)18-11-6-7-13-20(18)29-2/h3-7,9-11,13,19H,8,12,14-15H2,1-2H3. The summed E-state index contributed by atoms with van der Waals surface area (Å²) in [5, 5.41) is 12.9. The van der Waals surface area contributed by atoms with Crippen LogP contribution in [0, 0.1) is 6.92 Å².